The molecule has 1 heterocycles. The molecule has 2 heteroatoms. The zero-order chi connectivity index (χ0) is 10.3. The van der Waals surface area contributed by atoms with Crippen LogP contribution in [0, 0.1) is 13.8 Å². The fraction of sp³-hybridized carbons (Fsp3) is 0.500. The number of rotatable bonds is 0. The van der Waals surface area contributed by atoms with E-state index < -0.39 is 0 Å². The van der Waals surface area contributed by atoms with E-state index in [2.05, 4.69) is 45.1 Å². The van der Waals surface area contributed by atoms with Gasteiger partial charge in [0.1, 0.15) is 0 Å². The summed E-state index contributed by atoms with van der Waals surface area (Å²) in [4.78, 5) is 1.43. The summed E-state index contributed by atoms with van der Waals surface area (Å²) in [6.45, 7) is 8.85. The van der Waals surface area contributed by atoms with Crippen molar-refractivity contribution in [3.05, 3.63) is 23.3 Å². The summed E-state index contributed by atoms with van der Waals surface area (Å²) < 4.78 is 0. The van der Waals surface area contributed by atoms with Crippen molar-refractivity contribution in [1.82, 2.24) is 0 Å². The summed E-state index contributed by atoms with van der Waals surface area (Å²) in [5, 5.41) is 3.60. The third-order valence-corrected chi connectivity index (χ3v) is 4.17. The molecule has 0 fully saturated rings. The molecule has 76 valence electrons. The van der Waals surface area contributed by atoms with Gasteiger partial charge < -0.3 is 5.32 Å². The minimum absolute atomic E-state index is 0.220. The van der Waals surface area contributed by atoms with Crippen molar-refractivity contribution in [1.29, 1.82) is 0 Å². The lowest BCUT2D eigenvalue weighted by molar-refractivity contribution is 0.636. The maximum Gasteiger partial charge on any atom is 0.0488 e. The Kier molecular flexibility index (Phi) is 2.26. The lowest BCUT2D eigenvalue weighted by Gasteiger charge is -2.34. The molecular weight excluding hydrogens is 190 g/mol. The third-order valence-electron chi connectivity index (χ3n) is 2.47. The van der Waals surface area contributed by atoms with Gasteiger partial charge in [-0.1, -0.05) is 6.07 Å². The molecule has 1 aromatic carbocycles. The summed E-state index contributed by atoms with van der Waals surface area (Å²) in [5.74, 6) is 1.14. The van der Waals surface area contributed by atoms with E-state index >= 15 is 0 Å². The van der Waals surface area contributed by atoms with Gasteiger partial charge in [0.25, 0.3) is 0 Å². The Morgan fingerprint density at radius 1 is 1.29 bits per heavy atom. The van der Waals surface area contributed by atoms with E-state index in [0.717, 1.165) is 5.75 Å². The summed E-state index contributed by atoms with van der Waals surface area (Å²) in [6.07, 6.45) is 0. The Balaban J connectivity index is 2.47. The van der Waals surface area contributed by atoms with Crippen LogP contribution in [-0.2, 0) is 0 Å². The predicted molar refractivity (Wildman–Crippen MR) is 64.3 cm³/mol. The van der Waals surface area contributed by atoms with Crippen LogP contribution in [0.1, 0.15) is 25.0 Å². The predicted octanol–water partition coefficient (Wildman–Crippen LogP) is 3.60. The van der Waals surface area contributed by atoms with E-state index in [1.165, 1.54) is 21.7 Å². The lowest BCUT2D eigenvalue weighted by atomic mass is 10.1. The third kappa shape index (κ3) is 1.76. The van der Waals surface area contributed by atoms with Crippen LogP contribution in [0.2, 0.25) is 0 Å². The average molecular weight is 207 g/mol. The van der Waals surface area contributed by atoms with Gasteiger partial charge in [-0.2, -0.15) is 0 Å². The summed E-state index contributed by atoms with van der Waals surface area (Å²) in [5.41, 5.74) is 4.27. The molecule has 0 saturated carbocycles. The average Bonchev–Trinajstić information content (AvgIpc) is 2.00. The van der Waals surface area contributed by atoms with Crippen LogP contribution >= 0.6 is 11.8 Å². The van der Waals surface area contributed by atoms with Gasteiger partial charge in [-0.3, -0.25) is 0 Å². The number of fused-ring (bicyclic) bond motifs is 1. The molecule has 0 saturated heterocycles. The van der Waals surface area contributed by atoms with E-state index in [9.17, 15) is 0 Å². The van der Waals surface area contributed by atoms with Gasteiger partial charge in [0.05, 0.1) is 0 Å². The Hall–Kier alpha value is -0.630. The Morgan fingerprint density at radius 2 is 2.00 bits per heavy atom. The highest BCUT2D eigenvalue weighted by Gasteiger charge is 2.25. The van der Waals surface area contributed by atoms with Crippen molar-refractivity contribution in [2.24, 2.45) is 0 Å². The Labute approximate surface area is 90.3 Å². The first-order valence-electron chi connectivity index (χ1n) is 5.00. The number of thioether (sulfide) groups is 1. The van der Waals surface area contributed by atoms with Gasteiger partial charge in [-0.15, -0.1) is 11.8 Å². The standard InChI is InChI=1S/C12H17NS/c1-8-5-9(2)11-10(6-8)13-12(3,4)7-14-11/h5-6,13H,7H2,1-4H3. The molecular formula is C12H17NS. The van der Waals surface area contributed by atoms with Crippen LogP contribution in [0.4, 0.5) is 5.69 Å². The highest BCUT2D eigenvalue weighted by atomic mass is 32.2. The molecule has 0 unspecified atom stereocenters. The van der Waals surface area contributed by atoms with Gasteiger partial charge in [-0.25, -0.2) is 0 Å². The van der Waals surface area contributed by atoms with Crippen LogP contribution in [-0.4, -0.2) is 11.3 Å². The van der Waals surface area contributed by atoms with Crippen LogP contribution < -0.4 is 5.32 Å². The van der Waals surface area contributed by atoms with Gasteiger partial charge in [0, 0.05) is 21.9 Å². The summed E-state index contributed by atoms with van der Waals surface area (Å²) in [6, 6.07) is 4.50. The number of anilines is 1. The molecule has 1 N–H and O–H groups in total. The second-order valence-corrected chi connectivity index (χ2v) is 5.74. The van der Waals surface area contributed by atoms with Crippen molar-refractivity contribution in [3.8, 4) is 0 Å². The fourth-order valence-corrected chi connectivity index (χ4v) is 3.02. The van der Waals surface area contributed by atoms with E-state index in [1.54, 1.807) is 0 Å². The van der Waals surface area contributed by atoms with Crippen LogP contribution in [0.5, 0.6) is 0 Å². The minimum Gasteiger partial charge on any atom is -0.378 e. The summed E-state index contributed by atoms with van der Waals surface area (Å²) in [7, 11) is 0. The maximum atomic E-state index is 3.60. The number of hydrogen-bond acceptors (Lipinski definition) is 2. The van der Waals surface area contributed by atoms with Crippen molar-refractivity contribution in [3.63, 3.8) is 0 Å². The zero-order valence-corrected chi connectivity index (χ0v) is 10.1. The molecule has 1 aliphatic heterocycles. The molecule has 1 aliphatic rings. The van der Waals surface area contributed by atoms with Crippen molar-refractivity contribution in [2.75, 3.05) is 11.1 Å². The first-order valence-corrected chi connectivity index (χ1v) is 5.99. The van der Waals surface area contributed by atoms with Crippen LogP contribution in [0.3, 0.4) is 0 Å². The number of aryl methyl sites for hydroxylation is 2. The van der Waals surface area contributed by atoms with Gasteiger partial charge in [0.2, 0.25) is 0 Å². The normalized spacial score (nSPS) is 18.6. The van der Waals surface area contributed by atoms with E-state index in [1.807, 2.05) is 11.8 Å². The minimum atomic E-state index is 0.220. The molecule has 0 radical (unpaired) electrons. The molecule has 0 atom stereocenters. The fourth-order valence-electron chi connectivity index (χ4n) is 1.89. The quantitative estimate of drug-likeness (QED) is 0.697. The highest BCUT2D eigenvalue weighted by molar-refractivity contribution is 7.99. The SMILES string of the molecule is Cc1cc(C)c2c(c1)NC(C)(C)CS2. The second kappa shape index (κ2) is 3.20. The number of hydrogen-bond donors (Lipinski definition) is 1. The topological polar surface area (TPSA) is 12.0 Å². The second-order valence-electron chi connectivity index (χ2n) is 4.76. The summed E-state index contributed by atoms with van der Waals surface area (Å²) >= 11 is 1.97. The zero-order valence-electron chi connectivity index (χ0n) is 9.27. The van der Waals surface area contributed by atoms with E-state index in [4.69, 9.17) is 0 Å². The Bertz CT molecular complexity index is 369. The van der Waals surface area contributed by atoms with Crippen molar-refractivity contribution >= 4 is 17.4 Å². The molecule has 0 aromatic heterocycles. The van der Waals surface area contributed by atoms with Crippen molar-refractivity contribution in [2.45, 2.75) is 38.1 Å². The maximum absolute atomic E-state index is 3.60. The largest absolute Gasteiger partial charge is 0.378 e. The first kappa shape index (κ1) is 9.91. The molecule has 1 aromatic rings. The highest BCUT2D eigenvalue weighted by Crippen LogP contribution is 2.39. The number of benzene rings is 1. The van der Waals surface area contributed by atoms with Gasteiger partial charge in [0.15, 0.2) is 0 Å². The van der Waals surface area contributed by atoms with Crippen LogP contribution in [0.25, 0.3) is 0 Å². The smallest absolute Gasteiger partial charge is 0.0488 e. The monoisotopic (exact) mass is 207 g/mol. The number of nitrogens with one attached hydrogen (secondary N) is 1. The van der Waals surface area contributed by atoms with Crippen molar-refractivity contribution < 1.29 is 0 Å². The molecule has 0 aliphatic carbocycles. The Morgan fingerprint density at radius 3 is 2.71 bits per heavy atom. The molecule has 14 heavy (non-hydrogen) atoms. The first-order chi connectivity index (χ1) is 6.48. The molecule has 2 rings (SSSR count). The van der Waals surface area contributed by atoms with Gasteiger partial charge in [-0.05, 0) is 44.9 Å². The van der Waals surface area contributed by atoms with E-state index in [0.29, 0.717) is 0 Å². The van der Waals surface area contributed by atoms with Crippen LogP contribution in [0.15, 0.2) is 17.0 Å². The van der Waals surface area contributed by atoms with Gasteiger partial charge >= 0.3 is 0 Å². The van der Waals surface area contributed by atoms with E-state index in [-0.39, 0.29) is 5.54 Å². The lowest BCUT2D eigenvalue weighted by Crippen LogP contribution is -2.36. The molecule has 0 spiro atoms. The molecule has 1 nitrogen and oxygen atoms in total. The molecule has 0 amide bonds. The molecule has 0 bridgehead atoms.